The normalized spacial score (nSPS) is 20.1. The zero-order valence-corrected chi connectivity index (χ0v) is 14.0. The summed E-state index contributed by atoms with van der Waals surface area (Å²) in [4.78, 5) is 30.2. The Balaban J connectivity index is 1.84. The molecule has 0 saturated carbocycles. The molecule has 25 heavy (non-hydrogen) atoms. The van der Waals surface area contributed by atoms with Crippen LogP contribution in [0.4, 0.5) is 0 Å². The van der Waals surface area contributed by atoms with Crippen molar-refractivity contribution in [3.05, 3.63) is 54.2 Å². The van der Waals surface area contributed by atoms with E-state index < -0.39 is 11.4 Å². The van der Waals surface area contributed by atoms with Crippen LogP contribution in [0.1, 0.15) is 30.1 Å². The molecule has 1 atom stereocenters. The second-order valence-corrected chi connectivity index (χ2v) is 6.47. The minimum Gasteiger partial charge on any atom is -0.481 e. The fourth-order valence-electron chi connectivity index (χ4n) is 2.99. The molecule has 0 bridgehead atoms. The molecule has 1 fully saturated rings. The number of hydrogen-bond acceptors (Lipinski definition) is 4. The first kappa shape index (κ1) is 17.0. The molecule has 2 heterocycles. The van der Waals surface area contributed by atoms with E-state index in [2.05, 4.69) is 4.98 Å². The summed E-state index contributed by atoms with van der Waals surface area (Å²) < 4.78 is 5.75. The van der Waals surface area contributed by atoms with Crippen LogP contribution < -0.4 is 4.74 Å². The Morgan fingerprint density at radius 1 is 1.20 bits per heavy atom. The SMILES string of the molecule is CC1(C(=O)O)CCCN(C(=O)c2cccnc2Oc2ccccc2)C1. The molecule has 3 rings (SSSR count). The molecule has 1 unspecified atom stereocenters. The van der Waals surface area contributed by atoms with Gasteiger partial charge in [0.25, 0.3) is 5.91 Å². The number of likely N-dealkylation sites (tertiary alicyclic amines) is 1. The highest BCUT2D eigenvalue weighted by Gasteiger charge is 2.40. The van der Waals surface area contributed by atoms with E-state index in [0.717, 1.165) is 0 Å². The van der Waals surface area contributed by atoms with E-state index in [-0.39, 0.29) is 18.3 Å². The van der Waals surface area contributed by atoms with Gasteiger partial charge in [0, 0.05) is 19.3 Å². The van der Waals surface area contributed by atoms with Gasteiger partial charge in [0.1, 0.15) is 11.3 Å². The number of hydrogen-bond donors (Lipinski definition) is 1. The minimum atomic E-state index is -0.920. The Morgan fingerprint density at radius 2 is 1.96 bits per heavy atom. The smallest absolute Gasteiger partial charge is 0.311 e. The van der Waals surface area contributed by atoms with Crippen LogP contribution in [0, 0.1) is 5.41 Å². The average molecular weight is 340 g/mol. The summed E-state index contributed by atoms with van der Waals surface area (Å²) in [5.41, 5.74) is -0.586. The van der Waals surface area contributed by atoms with Crippen molar-refractivity contribution in [1.29, 1.82) is 0 Å². The summed E-state index contributed by atoms with van der Waals surface area (Å²) in [6.45, 7) is 2.39. The first-order chi connectivity index (χ1) is 12.0. The lowest BCUT2D eigenvalue weighted by Gasteiger charge is -2.37. The number of ether oxygens (including phenoxy) is 1. The van der Waals surface area contributed by atoms with Gasteiger partial charge in [-0.05, 0) is 44.0 Å². The van der Waals surface area contributed by atoms with Crippen molar-refractivity contribution < 1.29 is 19.4 Å². The lowest BCUT2D eigenvalue weighted by molar-refractivity contribution is -0.150. The van der Waals surface area contributed by atoms with E-state index in [1.54, 1.807) is 42.3 Å². The molecular formula is C19H20N2O4. The number of carbonyl (C=O) groups excluding carboxylic acids is 1. The van der Waals surface area contributed by atoms with Gasteiger partial charge < -0.3 is 14.7 Å². The number of carbonyl (C=O) groups is 2. The van der Waals surface area contributed by atoms with Crippen molar-refractivity contribution in [2.75, 3.05) is 13.1 Å². The number of nitrogens with zero attached hydrogens (tertiary/aromatic N) is 2. The molecule has 2 aromatic rings. The van der Waals surface area contributed by atoms with Crippen LogP contribution in [0.25, 0.3) is 0 Å². The lowest BCUT2D eigenvalue weighted by Crippen LogP contribution is -2.48. The second-order valence-electron chi connectivity index (χ2n) is 6.47. The predicted molar refractivity (Wildman–Crippen MR) is 91.6 cm³/mol. The number of pyridine rings is 1. The van der Waals surface area contributed by atoms with Crippen LogP contribution >= 0.6 is 0 Å². The van der Waals surface area contributed by atoms with Crippen LogP contribution in [-0.4, -0.2) is 40.0 Å². The monoisotopic (exact) mass is 340 g/mol. The van der Waals surface area contributed by atoms with E-state index in [0.29, 0.717) is 30.7 Å². The van der Waals surface area contributed by atoms with Crippen molar-refractivity contribution in [3.63, 3.8) is 0 Å². The van der Waals surface area contributed by atoms with Gasteiger partial charge in [0.15, 0.2) is 0 Å². The van der Waals surface area contributed by atoms with Gasteiger partial charge >= 0.3 is 5.97 Å². The Labute approximate surface area is 146 Å². The standard InChI is InChI=1S/C19H20N2O4/c1-19(18(23)24)10-6-12-21(13-19)17(22)15-9-5-11-20-16(15)25-14-7-3-2-4-8-14/h2-5,7-9,11H,6,10,12-13H2,1H3,(H,23,24). The number of para-hydroxylation sites is 1. The van der Waals surface area contributed by atoms with Crippen molar-refractivity contribution in [3.8, 4) is 11.6 Å². The third-order valence-corrected chi connectivity index (χ3v) is 4.46. The number of amides is 1. The molecule has 0 spiro atoms. The summed E-state index contributed by atoms with van der Waals surface area (Å²) >= 11 is 0. The van der Waals surface area contributed by atoms with E-state index in [4.69, 9.17) is 4.74 Å². The number of carboxylic acids is 1. The number of piperidine rings is 1. The van der Waals surface area contributed by atoms with Gasteiger partial charge in [0.2, 0.25) is 5.88 Å². The van der Waals surface area contributed by atoms with E-state index in [1.165, 1.54) is 0 Å². The highest BCUT2D eigenvalue weighted by atomic mass is 16.5. The zero-order chi connectivity index (χ0) is 17.9. The Kier molecular flexibility index (Phi) is 4.70. The van der Waals surface area contributed by atoms with Gasteiger partial charge in [-0.25, -0.2) is 4.98 Å². The lowest BCUT2D eigenvalue weighted by atomic mass is 9.82. The summed E-state index contributed by atoms with van der Waals surface area (Å²) in [5, 5.41) is 9.44. The second kappa shape index (κ2) is 6.93. The maximum atomic E-state index is 12.9. The highest BCUT2D eigenvalue weighted by Crippen LogP contribution is 2.32. The third-order valence-electron chi connectivity index (χ3n) is 4.46. The molecular weight excluding hydrogens is 320 g/mol. The molecule has 1 saturated heterocycles. The number of rotatable bonds is 4. The van der Waals surface area contributed by atoms with Gasteiger partial charge in [-0.1, -0.05) is 18.2 Å². The summed E-state index contributed by atoms with van der Waals surface area (Å²) in [6.07, 6.45) is 2.78. The molecule has 0 aliphatic carbocycles. The topological polar surface area (TPSA) is 79.7 Å². The summed E-state index contributed by atoms with van der Waals surface area (Å²) in [5.74, 6) is -0.325. The molecule has 1 aromatic carbocycles. The molecule has 1 amide bonds. The van der Waals surface area contributed by atoms with Crippen molar-refractivity contribution >= 4 is 11.9 Å². The van der Waals surface area contributed by atoms with Crippen LogP contribution in [0.5, 0.6) is 11.6 Å². The molecule has 1 aliphatic rings. The van der Waals surface area contributed by atoms with Crippen molar-refractivity contribution in [2.24, 2.45) is 5.41 Å². The zero-order valence-electron chi connectivity index (χ0n) is 14.0. The Hall–Kier alpha value is -2.89. The fraction of sp³-hybridized carbons (Fsp3) is 0.316. The van der Waals surface area contributed by atoms with Crippen LogP contribution in [-0.2, 0) is 4.79 Å². The Morgan fingerprint density at radius 3 is 2.68 bits per heavy atom. The van der Waals surface area contributed by atoms with Crippen LogP contribution in [0.15, 0.2) is 48.7 Å². The van der Waals surface area contributed by atoms with Gasteiger partial charge in [0.05, 0.1) is 5.41 Å². The number of aliphatic carboxylic acids is 1. The van der Waals surface area contributed by atoms with E-state index in [1.807, 2.05) is 18.2 Å². The maximum Gasteiger partial charge on any atom is 0.311 e. The molecule has 1 N–H and O–H groups in total. The van der Waals surface area contributed by atoms with Gasteiger partial charge in [-0.15, -0.1) is 0 Å². The molecule has 1 aromatic heterocycles. The largest absolute Gasteiger partial charge is 0.481 e. The maximum absolute atomic E-state index is 12.9. The van der Waals surface area contributed by atoms with Gasteiger partial charge in [-0.2, -0.15) is 0 Å². The number of aromatic nitrogens is 1. The summed E-state index contributed by atoms with van der Waals surface area (Å²) in [7, 11) is 0. The van der Waals surface area contributed by atoms with Gasteiger partial charge in [-0.3, -0.25) is 9.59 Å². The van der Waals surface area contributed by atoms with Crippen LogP contribution in [0.3, 0.4) is 0 Å². The summed E-state index contributed by atoms with van der Waals surface area (Å²) in [6, 6.07) is 12.4. The number of benzene rings is 1. The molecule has 6 nitrogen and oxygen atoms in total. The molecule has 0 radical (unpaired) electrons. The quantitative estimate of drug-likeness (QED) is 0.924. The molecule has 6 heteroatoms. The highest BCUT2D eigenvalue weighted by molar-refractivity contribution is 5.96. The molecule has 1 aliphatic heterocycles. The minimum absolute atomic E-state index is 0.181. The van der Waals surface area contributed by atoms with Crippen molar-refractivity contribution in [2.45, 2.75) is 19.8 Å². The van der Waals surface area contributed by atoms with E-state index in [9.17, 15) is 14.7 Å². The average Bonchev–Trinajstić information content (AvgIpc) is 2.62. The number of carboxylic acid groups (broad SMARTS) is 1. The van der Waals surface area contributed by atoms with E-state index >= 15 is 0 Å². The first-order valence-electron chi connectivity index (χ1n) is 8.20. The molecule has 130 valence electrons. The Bertz CT molecular complexity index is 778. The van der Waals surface area contributed by atoms with Crippen molar-refractivity contribution in [1.82, 2.24) is 9.88 Å². The first-order valence-corrected chi connectivity index (χ1v) is 8.20. The van der Waals surface area contributed by atoms with Crippen LogP contribution in [0.2, 0.25) is 0 Å². The fourth-order valence-corrected chi connectivity index (χ4v) is 2.99. The third kappa shape index (κ3) is 3.63. The predicted octanol–water partition coefficient (Wildman–Crippen LogP) is 3.20.